The SMILES string of the molecule is CC.CCCCNc1nc(C(F)(F)F)ccc1/C=C/C(=O)NCc1cc(C)c(NC)c(F)c1. The highest BCUT2D eigenvalue weighted by molar-refractivity contribution is 5.92. The summed E-state index contributed by atoms with van der Waals surface area (Å²) in [6.07, 6.45) is -0.316. The number of nitrogens with zero attached hydrogens (tertiary/aromatic N) is 1. The second kappa shape index (κ2) is 13.4. The van der Waals surface area contributed by atoms with Crippen LogP contribution in [0.5, 0.6) is 0 Å². The highest BCUT2D eigenvalue weighted by Crippen LogP contribution is 2.30. The van der Waals surface area contributed by atoms with E-state index in [1.165, 1.54) is 24.3 Å². The number of amides is 1. The number of pyridine rings is 1. The van der Waals surface area contributed by atoms with Crippen molar-refractivity contribution in [2.24, 2.45) is 0 Å². The zero-order chi connectivity index (χ0) is 25.0. The second-order valence-electron chi connectivity index (χ2n) is 6.98. The second-order valence-corrected chi connectivity index (χ2v) is 6.98. The molecule has 0 saturated carbocycles. The molecular weight excluding hydrogens is 436 g/mol. The smallest absolute Gasteiger partial charge is 0.386 e. The van der Waals surface area contributed by atoms with E-state index < -0.39 is 23.6 Å². The van der Waals surface area contributed by atoms with Crippen molar-refractivity contribution in [3.8, 4) is 0 Å². The van der Waals surface area contributed by atoms with E-state index in [9.17, 15) is 22.4 Å². The number of aromatic nitrogens is 1. The van der Waals surface area contributed by atoms with Crippen LogP contribution in [0, 0.1) is 12.7 Å². The number of carbonyl (C=O) groups is 1. The lowest BCUT2D eigenvalue weighted by Crippen LogP contribution is -2.20. The lowest BCUT2D eigenvalue weighted by Gasteiger charge is -2.12. The van der Waals surface area contributed by atoms with E-state index >= 15 is 0 Å². The molecule has 0 atom stereocenters. The van der Waals surface area contributed by atoms with Crippen molar-refractivity contribution in [1.82, 2.24) is 10.3 Å². The third-order valence-corrected chi connectivity index (χ3v) is 4.52. The van der Waals surface area contributed by atoms with Gasteiger partial charge in [-0.25, -0.2) is 9.37 Å². The first kappa shape index (κ1) is 27.9. The molecule has 1 heterocycles. The summed E-state index contributed by atoms with van der Waals surface area (Å²) in [5.41, 5.74) is 1.05. The van der Waals surface area contributed by atoms with Crippen LogP contribution < -0.4 is 16.0 Å². The summed E-state index contributed by atoms with van der Waals surface area (Å²) >= 11 is 0. The van der Waals surface area contributed by atoms with E-state index in [0.29, 0.717) is 28.9 Å². The Hall–Kier alpha value is -3.10. The summed E-state index contributed by atoms with van der Waals surface area (Å²) in [7, 11) is 1.62. The molecule has 0 saturated heterocycles. The topological polar surface area (TPSA) is 66.0 Å². The van der Waals surface area contributed by atoms with E-state index in [4.69, 9.17) is 0 Å². The van der Waals surface area contributed by atoms with Gasteiger partial charge < -0.3 is 16.0 Å². The summed E-state index contributed by atoms with van der Waals surface area (Å²) in [4.78, 5) is 15.8. The Morgan fingerprint density at radius 1 is 1.18 bits per heavy atom. The van der Waals surface area contributed by atoms with Gasteiger partial charge in [0.15, 0.2) is 0 Å². The van der Waals surface area contributed by atoms with E-state index in [1.54, 1.807) is 20.0 Å². The first-order chi connectivity index (χ1) is 15.7. The highest BCUT2D eigenvalue weighted by atomic mass is 19.4. The van der Waals surface area contributed by atoms with E-state index in [1.807, 2.05) is 20.8 Å². The van der Waals surface area contributed by atoms with E-state index in [2.05, 4.69) is 20.9 Å². The molecule has 1 amide bonds. The van der Waals surface area contributed by atoms with Crippen LogP contribution in [-0.4, -0.2) is 24.5 Å². The molecule has 182 valence electrons. The molecule has 0 aliphatic rings. The van der Waals surface area contributed by atoms with Crippen LogP contribution in [0.2, 0.25) is 0 Å². The fourth-order valence-electron chi connectivity index (χ4n) is 2.93. The number of rotatable bonds is 9. The van der Waals surface area contributed by atoms with Crippen LogP contribution in [0.1, 0.15) is 56.0 Å². The molecular formula is C24H32F4N4O. The zero-order valence-corrected chi connectivity index (χ0v) is 19.7. The van der Waals surface area contributed by atoms with Crippen LogP contribution in [0.25, 0.3) is 6.08 Å². The third kappa shape index (κ3) is 8.75. The predicted molar refractivity (Wildman–Crippen MR) is 126 cm³/mol. The largest absolute Gasteiger partial charge is 0.433 e. The summed E-state index contributed by atoms with van der Waals surface area (Å²) in [6, 6.07) is 5.23. The number of hydrogen-bond donors (Lipinski definition) is 3. The molecule has 9 heteroatoms. The van der Waals surface area contributed by atoms with Crippen molar-refractivity contribution < 1.29 is 22.4 Å². The molecule has 0 radical (unpaired) electrons. The van der Waals surface area contributed by atoms with Gasteiger partial charge in [0.05, 0.1) is 5.69 Å². The number of anilines is 2. The lowest BCUT2D eigenvalue weighted by atomic mass is 10.1. The molecule has 0 aliphatic carbocycles. The Labute approximate surface area is 192 Å². The average molecular weight is 469 g/mol. The van der Waals surface area contributed by atoms with Gasteiger partial charge in [0.1, 0.15) is 17.3 Å². The van der Waals surface area contributed by atoms with Crippen molar-refractivity contribution in [2.45, 2.75) is 53.3 Å². The van der Waals surface area contributed by atoms with Gasteiger partial charge in [-0.15, -0.1) is 0 Å². The molecule has 33 heavy (non-hydrogen) atoms. The Kier molecular flexibility index (Phi) is 11.4. The fourth-order valence-corrected chi connectivity index (χ4v) is 2.93. The standard InChI is InChI=1S/C22H26F4N4O.C2H6/c1-4-5-10-28-21-16(6-8-18(30-21)22(24,25)26)7-9-19(31)29-13-15-11-14(2)20(27-3)17(23)12-15;1-2/h6-9,11-12,27H,4-5,10,13H2,1-3H3,(H,28,30)(H,29,31);1-2H3/b9-7+;. The number of hydrogen-bond acceptors (Lipinski definition) is 4. The minimum atomic E-state index is -4.56. The predicted octanol–water partition coefficient (Wildman–Crippen LogP) is 6.16. The van der Waals surface area contributed by atoms with Gasteiger partial charge in [0, 0.05) is 31.8 Å². The number of alkyl halides is 3. The van der Waals surface area contributed by atoms with Gasteiger partial charge in [0.2, 0.25) is 5.91 Å². The molecule has 5 nitrogen and oxygen atoms in total. The van der Waals surface area contributed by atoms with Crippen molar-refractivity contribution in [3.63, 3.8) is 0 Å². The number of halogens is 4. The number of aryl methyl sites for hydroxylation is 1. The number of nitrogens with one attached hydrogen (secondary N) is 3. The van der Waals surface area contributed by atoms with Crippen molar-refractivity contribution in [1.29, 1.82) is 0 Å². The van der Waals surface area contributed by atoms with Crippen LogP contribution in [0.15, 0.2) is 30.3 Å². The van der Waals surface area contributed by atoms with Crippen LogP contribution >= 0.6 is 0 Å². The molecule has 0 fully saturated rings. The van der Waals surface area contributed by atoms with Gasteiger partial charge in [-0.1, -0.05) is 33.3 Å². The molecule has 1 aromatic heterocycles. The Bertz CT molecular complexity index is 920. The first-order valence-corrected chi connectivity index (χ1v) is 10.9. The maximum Gasteiger partial charge on any atom is 0.433 e. The molecule has 3 N–H and O–H groups in total. The summed E-state index contributed by atoms with van der Waals surface area (Å²) in [6.45, 7) is 8.29. The Morgan fingerprint density at radius 2 is 1.88 bits per heavy atom. The van der Waals surface area contributed by atoms with Gasteiger partial charge >= 0.3 is 6.18 Å². The summed E-state index contributed by atoms with van der Waals surface area (Å²) in [5, 5.41) is 8.30. The molecule has 0 aliphatic heterocycles. The van der Waals surface area contributed by atoms with Crippen molar-refractivity contribution in [3.05, 3.63) is 58.5 Å². The number of benzene rings is 1. The van der Waals surface area contributed by atoms with Crippen LogP contribution in [0.4, 0.5) is 29.1 Å². The summed E-state index contributed by atoms with van der Waals surface area (Å²) in [5.74, 6) is -0.816. The maximum atomic E-state index is 14.0. The van der Waals surface area contributed by atoms with Gasteiger partial charge in [-0.3, -0.25) is 4.79 Å². The maximum absolute atomic E-state index is 14.0. The monoisotopic (exact) mass is 468 g/mol. The minimum Gasteiger partial charge on any atom is -0.386 e. The van der Waals surface area contributed by atoms with Gasteiger partial charge in [0.25, 0.3) is 0 Å². The van der Waals surface area contributed by atoms with E-state index in [0.717, 1.165) is 18.9 Å². The molecule has 2 rings (SSSR count). The average Bonchev–Trinajstić information content (AvgIpc) is 2.77. The summed E-state index contributed by atoms with van der Waals surface area (Å²) < 4.78 is 52.9. The number of unbranched alkanes of at least 4 members (excludes halogenated alkanes) is 1. The van der Waals surface area contributed by atoms with E-state index in [-0.39, 0.29) is 12.4 Å². The molecule has 2 aromatic rings. The third-order valence-electron chi connectivity index (χ3n) is 4.52. The van der Waals surface area contributed by atoms with Gasteiger partial charge in [-0.05, 0) is 48.7 Å². The molecule has 1 aromatic carbocycles. The zero-order valence-electron chi connectivity index (χ0n) is 19.7. The molecule has 0 unspecified atom stereocenters. The Morgan fingerprint density at radius 3 is 2.45 bits per heavy atom. The van der Waals surface area contributed by atoms with Gasteiger partial charge in [-0.2, -0.15) is 13.2 Å². The van der Waals surface area contributed by atoms with Crippen LogP contribution in [-0.2, 0) is 17.5 Å². The van der Waals surface area contributed by atoms with Crippen molar-refractivity contribution in [2.75, 3.05) is 24.2 Å². The minimum absolute atomic E-state index is 0.0627. The normalized spacial score (nSPS) is 11.1. The first-order valence-electron chi connectivity index (χ1n) is 10.9. The lowest BCUT2D eigenvalue weighted by molar-refractivity contribution is -0.141. The molecule has 0 spiro atoms. The fraction of sp³-hybridized carbons (Fsp3) is 0.417. The Balaban J connectivity index is 0.00000265. The highest BCUT2D eigenvalue weighted by Gasteiger charge is 2.32. The van der Waals surface area contributed by atoms with Crippen molar-refractivity contribution >= 4 is 23.5 Å². The quantitative estimate of drug-likeness (QED) is 0.234. The molecule has 0 bridgehead atoms. The number of carbonyl (C=O) groups excluding carboxylic acids is 1. The van der Waals surface area contributed by atoms with Crippen LogP contribution in [0.3, 0.4) is 0 Å².